The zero-order valence-electron chi connectivity index (χ0n) is 16.8. The molecule has 4 aromatic rings. The monoisotopic (exact) mass is 399 g/mol. The Balaban J connectivity index is 1.47. The second-order valence-corrected chi connectivity index (χ2v) is 7.26. The average Bonchev–Trinajstić information content (AvgIpc) is 3.24. The first kappa shape index (κ1) is 19.9. The molecule has 30 heavy (non-hydrogen) atoms. The van der Waals surface area contributed by atoms with E-state index in [1.807, 2.05) is 77.6 Å². The largest absolute Gasteiger partial charge is 0.494 e. The molecule has 0 fully saturated rings. The van der Waals surface area contributed by atoms with Gasteiger partial charge in [-0.05, 0) is 73.5 Å². The minimum absolute atomic E-state index is 0.0107. The molecule has 0 bridgehead atoms. The number of nitrogens with two attached hydrogens (primary N) is 1. The van der Waals surface area contributed by atoms with E-state index >= 15 is 0 Å². The Morgan fingerprint density at radius 2 is 1.83 bits per heavy atom. The molecule has 0 saturated heterocycles. The van der Waals surface area contributed by atoms with Gasteiger partial charge in [-0.2, -0.15) is 0 Å². The number of fused-ring (bicyclic) bond motifs is 1. The van der Waals surface area contributed by atoms with Crippen molar-refractivity contribution in [1.29, 1.82) is 0 Å². The van der Waals surface area contributed by atoms with Gasteiger partial charge in [0.2, 0.25) is 5.78 Å². The number of benzene rings is 2. The van der Waals surface area contributed by atoms with Crippen molar-refractivity contribution in [3.05, 3.63) is 95.9 Å². The Kier molecular flexibility index (Phi) is 6.20. The summed E-state index contributed by atoms with van der Waals surface area (Å²) < 4.78 is 7.66. The lowest BCUT2D eigenvalue weighted by atomic mass is 10.1. The van der Waals surface area contributed by atoms with Crippen LogP contribution in [0.15, 0.2) is 79.1 Å². The van der Waals surface area contributed by atoms with Gasteiger partial charge in [0, 0.05) is 29.9 Å². The number of ether oxygens (including phenoxy) is 1. The third-order valence-corrected chi connectivity index (χ3v) is 5.05. The van der Waals surface area contributed by atoms with Gasteiger partial charge < -0.3 is 15.0 Å². The van der Waals surface area contributed by atoms with Gasteiger partial charge in [0.25, 0.3) is 0 Å². The highest BCUT2D eigenvalue weighted by molar-refractivity contribution is 6.08. The number of carbonyl (C=O) groups excluding carboxylic acids is 1. The first-order chi connectivity index (χ1) is 14.7. The molecule has 0 saturated carbocycles. The first-order valence-electron chi connectivity index (χ1n) is 10.2. The number of ketones is 1. The Bertz CT molecular complexity index is 1130. The number of unbranched alkanes of at least 4 members (excludes halogenated alkanes) is 1. The van der Waals surface area contributed by atoms with Gasteiger partial charge in [0.15, 0.2) is 0 Å². The van der Waals surface area contributed by atoms with Crippen molar-refractivity contribution in [1.82, 2.24) is 9.55 Å². The summed E-state index contributed by atoms with van der Waals surface area (Å²) in [6, 6.07) is 21.2. The summed E-state index contributed by atoms with van der Waals surface area (Å²) in [5.41, 5.74) is 8.81. The van der Waals surface area contributed by atoms with Crippen molar-refractivity contribution in [2.24, 2.45) is 5.73 Å². The number of rotatable bonds is 9. The standard InChI is InChI=1S/C25H25N3O2/c26-13-3-4-15-30-22-11-9-20(10-12-22)25(29)24-8-5-14-28(24)18-19-16-21-6-1-2-7-23(21)27-17-19/h1-2,5-12,14,16-17H,3-4,13,15,18,26H2. The third-order valence-electron chi connectivity index (χ3n) is 5.05. The van der Waals surface area contributed by atoms with Crippen LogP contribution in [0.1, 0.15) is 34.5 Å². The van der Waals surface area contributed by atoms with Crippen LogP contribution in [0.4, 0.5) is 0 Å². The molecule has 0 aliphatic rings. The van der Waals surface area contributed by atoms with Crippen LogP contribution in [0, 0.1) is 0 Å². The molecule has 0 unspecified atom stereocenters. The molecule has 2 aromatic heterocycles. The van der Waals surface area contributed by atoms with E-state index in [0.29, 0.717) is 31.0 Å². The number of carbonyl (C=O) groups is 1. The Morgan fingerprint density at radius 1 is 1.00 bits per heavy atom. The molecule has 0 atom stereocenters. The predicted molar refractivity (Wildman–Crippen MR) is 119 cm³/mol. The summed E-state index contributed by atoms with van der Waals surface area (Å²) in [6.45, 7) is 1.90. The van der Waals surface area contributed by atoms with Gasteiger partial charge in [-0.3, -0.25) is 9.78 Å². The van der Waals surface area contributed by atoms with Crippen LogP contribution in [-0.2, 0) is 6.54 Å². The van der Waals surface area contributed by atoms with E-state index < -0.39 is 0 Å². The van der Waals surface area contributed by atoms with E-state index in [4.69, 9.17) is 10.5 Å². The molecular weight excluding hydrogens is 374 g/mol. The van der Waals surface area contributed by atoms with Crippen molar-refractivity contribution in [3.8, 4) is 5.75 Å². The molecule has 0 amide bonds. The molecule has 0 aliphatic carbocycles. The molecule has 4 rings (SSSR count). The second-order valence-electron chi connectivity index (χ2n) is 7.26. The van der Waals surface area contributed by atoms with E-state index in [9.17, 15) is 4.79 Å². The van der Waals surface area contributed by atoms with Crippen LogP contribution in [-0.4, -0.2) is 28.5 Å². The fourth-order valence-electron chi connectivity index (χ4n) is 3.44. The predicted octanol–water partition coefficient (Wildman–Crippen LogP) is 4.43. The topological polar surface area (TPSA) is 70.1 Å². The van der Waals surface area contributed by atoms with Crippen molar-refractivity contribution in [2.45, 2.75) is 19.4 Å². The van der Waals surface area contributed by atoms with Gasteiger partial charge >= 0.3 is 0 Å². The maximum absolute atomic E-state index is 13.1. The second kappa shape index (κ2) is 9.37. The molecule has 5 heteroatoms. The number of aromatic nitrogens is 2. The minimum atomic E-state index is -0.0107. The summed E-state index contributed by atoms with van der Waals surface area (Å²) in [5, 5.41) is 1.09. The lowest BCUT2D eigenvalue weighted by molar-refractivity contribution is 0.103. The first-order valence-corrected chi connectivity index (χ1v) is 10.2. The van der Waals surface area contributed by atoms with E-state index in [1.165, 1.54) is 0 Å². The van der Waals surface area contributed by atoms with Gasteiger partial charge in [-0.1, -0.05) is 18.2 Å². The number of pyridine rings is 1. The Labute approximate surface area is 176 Å². The van der Waals surface area contributed by atoms with Crippen molar-refractivity contribution < 1.29 is 9.53 Å². The van der Waals surface area contributed by atoms with E-state index in [-0.39, 0.29) is 5.78 Å². The van der Waals surface area contributed by atoms with Gasteiger partial charge in [0.05, 0.1) is 17.8 Å². The quantitative estimate of drug-likeness (QED) is 0.334. The highest BCUT2D eigenvalue weighted by Crippen LogP contribution is 2.18. The third kappa shape index (κ3) is 4.58. The number of hydrogen-bond acceptors (Lipinski definition) is 4. The van der Waals surface area contributed by atoms with Crippen LogP contribution in [0.2, 0.25) is 0 Å². The molecule has 0 spiro atoms. The smallest absolute Gasteiger partial charge is 0.209 e. The average molecular weight is 399 g/mol. The van der Waals surface area contributed by atoms with Crippen LogP contribution in [0.25, 0.3) is 10.9 Å². The summed E-state index contributed by atoms with van der Waals surface area (Å²) in [5.74, 6) is 0.754. The fraction of sp³-hybridized carbons (Fsp3) is 0.200. The summed E-state index contributed by atoms with van der Waals surface area (Å²) in [7, 11) is 0. The van der Waals surface area contributed by atoms with Crippen LogP contribution in [0.3, 0.4) is 0 Å². The summed E-state index contributed by atoms with van der Waals surface area (Å²) >= 11 is 0. The van der Waals surface area contributed by atoms with Crippen molar-refractivity contribution >= 4 is 16.7 Å². The van der Waals surface area contributed by atoms with Crippen LogP contribution >= 0.6 is 0 Å². The SMILES string of the molecule is NCCCCOc1ccc(C(=O)c2cccn2Cc2cnc3ccccc3c2)cc1. The Morgan fingerprint density at radius 3 is 2.67 bits per heavy atom. The molecular formula is C25H25N3O2. The maximum atomic E-state index is 13.1. The normalized spacial score (nSPS) is 11.0. The van der Waals surface area contributed by atoms with Gasteiger partial charge in [-0.25, -0.2) is 0 Å². The van der Waals surface area contributed by atoms with E-state index in [1.54, 1.807) is 0 Å². The molecule has 0 radical (unpaired) electrons. The fourth-order valence-corrected chi connectivity index (χ4v) is 3.44. The number of nitrogens with zero attached hydrogens (tertiary/aromatic N) is 2. The molecule has 2 N–H and O–H groups in total. The lowest BCUT2D eigenvalue weighted by Gasteiger charge is -2.10. The van der Waals surface area contributed by atoms with Crippen LogP contribution in [0.5, 0.6) is 5.75 Å². The zero-order valence-corrected chi connectivity index (χ0v) is 16.8. The molecule has 5 nitrogen and oxygen atoms in total. The molecule has 2 aromatic carbocycles. The zero-order chi connectivity index (χ0) is 20.8. The van der Waals surface area contributed by atoms with E-state index in [0.717, 1.165) is 35.1 Å². The summed E-state index contributed by atoms with van der Waals surface area (Å²) in [4.78, 5) is 17.6. The number of hydrogen-bond donors (Lipinski definition) is 1. The Hall–Kier alpha value is -3.44. The maximum Gasteiger partial charge on any atom is 0.209 e. The van der Waals surface area contributed by atoms with E-state index in [2.05, 4.69) is 11.1 Å². The highest BCUT2D eigenvalue weighted by Gasteiger charge is 2.14. The molecule has 152 valence electrons. The minimum Gasteiger partial charge on any atom is -0.494 e. The lowest BCUT2D eigenvalue weighted by Crippen LogP contribution is -2.11. The van der Waals surface area contributed by atoms with Crippen molar-refractivity contribution in [2.75, 3.05) is 13.2 Å². The van der Waals surface area contributed by atoms with Crippen molar-refractivity contribution in [3.63, 3.8) is 0 Å². The van der Waals surface area contributed by atoms with Gasteiger partial charge in [-0.15, -0.1) is 0 Å². The molecule has 2 heterocycles. The van der Waals surface area contributed by atoms with Crippen LogP contribution < -0.4 is 10.5 Å². The number of para-hydroxylation sites is 1. The molecule has 0 aliphatic heterocycles. The highest BCUT2D eigenvalue weighted by atomic mass is 16.5. The summed E-state index contributed by atoms with van der Waals surface area (Å²) in [6.07, 6.45) is 5.67. The van der Waals surface area contributed by atoms with Gasteiger partial charge in [0.1, 0.15) is 5.75 Å².